The van der Waals surface area contributed by atoms with Crippen LogP contribution in [0.4, 0.5) is 11.4 Å². The summed E-state index contributed by atoms with van der Waals surface area (Å²) in [7, 11) is -3.76. The Morgan fingerprint density at radius 3 is 2.13 bits per heavy atom. The van der Waals surface area contributed by atoms with E-state index in [1.54, 1.807) is 55.5 Å². The summed E-state index contributed by atoms with van der Waals surface area (Å²) < 4.78 is 27.4. The fourth-order valence-electron chi connectivity index (χ4n) is 3.01. The summed E-state index contributed by atoms with van der Waals surface area (Å²) in [5.74, 6) is -0.491. The molecule has 0 unspecified atom stereocenters. The Bertz CT molecular complexity index is 1160. The number of sulfonamides is 1. The van der Waals surface area contributed by atoms with Crippen molar-refractivity contribution < 1.29 is 18.0 Å². The van der Waals surface area contributed by atoms with Crippen molar-refractivity contribution in [2.75, 3.05) is 16.2 Å². The van der Waals surface area contributed by atoms with Gasteiger partial charge in [-0.2, -0.15) is 0 Å². The van der Waals surface area contributed by atoms with Crippen LogP contribution >= 0.6 is 0 Å². The highest BCUT2D eigenvalue weighted by Crippen LogP contribution is 2.23. The smallest absolute Gasteiger partial charge is 0.264 e. The molecule has 3 aromatic rings. The largest absolute Gasteiger partial charge is 0.322 e. The first-order chi connectivity index (χ1) is 14.3. The van der Waals surface area contributed by atoms with Crippen LogP contribution in [-0.4, -0.2) is 26.7 Å². The minimum atomic E-state index is -3.76. The van der Waals surface area contributed by atoms with E-state index < -0.39 is 15.9 Å². The third-order valence-corrected chi connectivity index (χ3v) is 6.48. The van der Waals surface area contributed by atoms with Crippen molar-refractivity contribution >= 4 is 33.1 Å². The fraction of sp³-hybridized carbons (Fsp3) is 0.130. The lowest BCUT2D eigenvalue weighted by Crippen LogP contribution is -2.30. The summed E-state index contributed by atoms with van der Waals surface area (Å²) in [6.07, 6.45) is 0. The number of benzene rings is 3. The van der Waals surface area contributed by atoms with Gasteiger partial charge >= 0.3 is 0 Å². The van der Waals surface area contributed by atoms with Gasteiger partial charge in [0.25, 0.3) is 15.9 Å². The van der Waals surface area contributed by atoms with Gasteiger partial charge in [0, 0.05) is 23.4 Å². The van der Waals surface area contributed by atoms with Gasteiger partial charge in [-0.25, -0.2) is 8.42 Å². The SMILES string of the molecule is CCN(c1ccccc1)S(=O)(=O)c1ccc(C(=O)Nc2cccc(C(C)=O)c2)cc1. The molecule has 0 aliphatic rings. The number of anilines is 2. The molecule has 1 N–H and O–H groups in total. The molecule has 0 fully saturated rings. The van der Waals surface area contributed by atoms with Crippen molar-refractivity contribution in [2.24, 2.45) is 0 Å². The van der Waals surface area contributed by atoms with E-state index in [0.717, 1.165) is 0 Å². The van der Waals surface area contributed by atoms with E-state index in [1.807, 2.05) is 6.07 Å². The van der Waals surface area contributed by atoms with Crippen LogP contribution in [0.15, 0.2) is 83.8 Å². The zero-order valence-corrected chi connectivity index (χ0v) is 17.5. The topological polar surface area (TPSA) is 83.6 Å². The van der Waals surface area contributed by atoms with Crippen molar-refractivity contribution in [3.63, 3.8) is 0 Å². The predicted molar refractivity (Wildman–Crippen MR) is 117 cm³/mol. The molecule has 0 heterocycles. The molecule has 0 radical (unpaired) electrons. The Morgan fingerprint density at radius 1 is 0.867 bits per heavy atom. The van der Waals surface area contributed by atoms with E-state index in [2.05, 4.69) is 5.32 Å². The minimum Gasteiger partial charge on any atom is -0.322 e. The predicted octanol–water partition coefficient (Wildman–Crippen LogP) is 4.36. The zero-order valence-electron chi connectivity index (χ0n) is 16.7. The normalized spacial score (nSPS) is 11.0. The summed E-state index contributed by atoms with van der Waals surface area (Å²) in [6.45, 7) is 3.50. The van der Waals surface area contributed by atoms with Gasteiger partial charge in [-0.15, -0.1) is 0 Å². The van der Waals surface area contributed by atoms with Gasteiger partial charge in [0.2, 0.25) is 0 Å². The van der Waals surface area contributed by atoms with Crippen LogP contribution in [-0.2, 0) is 10.0 Å². The molecule has 6 nitrogen and oxygen atoms in total. The van der Waals surface area contributed by atoms with Gasteiger partial charge in [0.1, 0.15) is 0 Å². The van der Waals surface area contributed by atoms with E-state index in [0.29, 0.717) is 22.5 Å². The van der Waals surface area contributed by atoms with Crippen LogP contribution in [0.5, 0.6) is 0 Å². The molecule has 0 aliphatic carbocycles. The number of hydrogen-bond donors (Lipinski definition) is 1. The number of nitrogens with zero attached hydrogens (tertiary/aromatic N) is 1. The van der Waals surface area contributed by atoms with Crippen LogP contribution in [0.3, 0.4) is 0 Å². The lowest BCUT2D eigenvalue weighted by atomic mass is 10.1. The number of rotatable bonds is 7. The highest BCUT2D eigenvalue weighted by Gasteiger charge is 2.23. The molecule has 0 saturated carbocycles. The molecular weight excluding hydrogens is 400 g/mol. The number of amides is 1. The first-order valence-corrected chi connectivity index (χ1v) is 10.9. The first-order valence-electron chi connectivity index (χ1n) is 9.43. The number of para-hydroxylation sites is 1. The molecule has 30 heavy (non-hydrogen) atoms. The van der Waals surface area contributed by atoms with Crippen molar-refractivity contribution in [3.05, 3.63) is 90.0 Å². The Labute approximate surface area is 176 Å². The number of carbonyl (C=O) groups is 2. The van der Waals surface area contributed by atoms with E-state index in [4.69, 9.17) is 0 Å². The van der Waals surface area contributed by atoms with Crippen LogP contribution in [0.2, 0.25) is 0 Å². The lowest BCUT2D eigenvalue weighted by Gasteiger charge is -2.23. The maximum atomic E-state index is 13.0. The second kappa shape index (κ2) is 8.92. The van der Waals surface area contributed by atoms with Gasteiger partial charge in [-0.3, -0.25) is 13.9 Å². The third kappa shape index (κ3) is 4.58. The Hall–Kier alpha value is -3.45. The van der Waals surface area contributed by atoms with E-state index in [-0.39, 0.29) is 17.2 Å². The average Bonchev–Trinajstić information content (AvgIpc) is 2.75. The van der Waals surface area contributed by atoms with Crippen molar-refractivity contribution in [1.82, 2.24) is 0 Å². The third-order valence-electron chi connectivity index (χ3n) is 4.56. The Kier molecular flexibility index (Phi) is 6.32. The molecule has 0 atom stereocenters. The van der Waals surface area contributed by atoms with Gasteiger partial charge in [0.15, 0.2) is 5.78 Å². The quantitative estimate of drug-likeness (QED) is 0.574. The molecule has 0 aromatic heterocycles. The summed E-state index contributed by atoms with van der Waals surface area (Å²) in [5, 5.41) is 2.72. The number of carbonyl (C=O) groups excluding carboxylic acids is 2. The summed E-state index contributed by atoms with van der Waals surface area (Å²) in [5.41, 5.74) is 1.87. The van der Waals surface area contributed by atoms with Crippen molar-refractivity contribution in [1.29, 1.82) is 0 Å². The second-order valence-electron chi connectivity index (χ2n) is 6.62. The number of hydrogen-bond acceptors (Lipinski definition) is 4. The Morgan fingerprint density at radius 2 is 1.53 bits per heavy atom. The summed E-state index contributed by atoms with van der Waals surface area (Å²) >= 11 is 0. The molecule has 0 aliphatic heterocycles. The lowest BCUT2D eigenvalue weighted by molar-refractivity contribution is 0.101. The minimum absolute atomic E-state index is 0.0976. The number of Topliss-reactive ketones (excluding diaryl/α,β-unsaturated/α-hetero) is 1. The van der Waals surface area contributed by atoms with Gasteiger partial charge < -0.3 is 5.32 Å². The van der Waals surface area contributed by atoms with Gasteiger partial charge in [-0.1, -0.05) is 30.3 Å². The van der Waals surface area contributed by atoms with Crippen LogP contribution < -0.4 is 9.62 Å². The van der Waals surface area contributed by atoms with Crippen molar-refractivity contribution in [3.8, 4) is 0 Å². The maximum Gasteiger partial charge on any atom is 0.264 e. The molecule has 0 spiro atoms. The zero-order chi connectivity index (χ0) is 21.7. The molecule has 3 rings (SSSR count). The van der Waals surface area contributed by atoms with Crippen LogP contribution in [0.1, 0.15) is 34.6 Å². The first kappa shape index (κ1) is 21.3. The van der Waals surface area contributed by atoms with E-state index >= 15 is 0 Å². The number of ketones is 1. The second-order valence-corrected chi connectivity index (χ2v) is 8.48. The molecular formula is C23H22N2O4S. The molecule has 1 amide bonds. The standard InChI is InChI=1S/C23H22N2O4S/c1-3-25(21-10-5-4-6-11-21)30(28,29)22-14-12-18(13-15-22)23(27)24-20-9-7-8-19(16-20)17(2)26/h4-16H,3H2,1-2H3,(H,24,27). The van der Waals surface area contributed by atoms with Gasteiger partial charge in [-0.05, 0) is 62.4 Å². The number of nitrogens with one attached hydrogen (secondary N) is 1. The summed E-state index contributed by atoms with van der Waals surface area (Å²) in [6, 6.07) is 21.3. The molecule has 0 saturated heterocycles. The molecule has 7 heteroatoms. The maximum absolute atomic E-state index is 13.0. The highest BCUT2D eigenvalue weighted by molar-refractivity contribution is 7.92. The highest BCUT2D eigenvalue weighted by atomic mass is 32.2. The molecule has 0 bridgehead atoms. The monoisotopic (exact) mass is 422 g/mol. The fourth-order valence-corrected chi connectivity index (χ4v) is 4.48. The van der Waals surface area contributed by atoms with Crippen molar-refractivity contribution in [2.45, 2.75) is 18.7 Å². The van der Waals surface area contributed by atoms with Crippen LogP contribution in [0, 0.1) is 0 Å². The summed E-state index contributed by atoms with van der Waals surface area (Å²) in [4.78, 5) is 24.1. The van der Waals surface area contributed by atoms with E-state index in [1.165, 1.54) is 35.5 Å². The van der Waals surface area contributed by atoms with E-state index in [9.17, 15) is 18.0 Å². The molecule has 154 valence electrons. The Balaban J connectivity index is 1.81. The van der Waals surface area contributed by atoms with Gasteiger partial charge in [0.05, 0.1) is 10.6 Å². The molecule has 3 aromatic carbocycles. The van der Waals surface area contributed by atoms with Crippen LogP contribution in [0.25, 0.3) is 0 Å². The average molecular weight is 423 g/mol.